The molecule has 4 heteroatoms. The lowest BCUT2D eigenvalue weighted by Crippen LogP contribution is -2.16. The van der Waals surface area contributed by atoms with Crippen LogP contribution in [-0.4, -0.2) is 0 Å². The topological polar surface area (TPSA) is 9.72 Å². The first-order chi connectivity index (χ1) is 34.7. The highest BCUT2D eigenvalue weighted by molar-refractivity contribution is 7.25. The fraction of sp³-hybridized carbons (Fsp3) is 0. The van der Waals surface area contributed by atoms with Crippen LogP contribution < -0.4 is 14.7 Å². The van der Waals surface area contributed by atoms with Crippen LogP contribution in [0.3, 0.4) is 0 Å². The van der Waals surface area contributed by atoms with Crippen molar-refractivity contribution in [2.45, 2.75) is 0 Å². The van der Waals surface area contributed by atoms with Gasteiger partial charge >= 0.3 is 0 Å². The molecule has 0 unspecified atom stereocenters. The maximum atomic E-state index is 2.45. The number of hydrogen-bond acceptors (Lipinski definition) is 4. The number of rotatable bonds is 10. The molecule has 330 valence electrons. The number of hydrogen-bond donors (Lipinski definition) is 0. The van der Waals surface area contributed by atoms with Crippen LogP contribution in [0.1, 0.15) is 0 Å². The summed E-state index contributed by atoms with van der Waals surface area (Å²) in [6.07, 6.45) is 0. The fourth-order valence-corrected chi connectivity index (χ4v) is 11.4. The summed E-state index contributed by atoms with van der Waals surface area (Å²) in [6, 6.07) is 99.5. The Labute approximate surface area is 411 Å². The van der Waals surface area contributed by atoms with E-state index in [1.807, 2.05) is 11.3 Å². The molecule has 3 nitrogen and oxygen atoms in total. The van der Waals surface area contributed by atoms with Crippen LogP contribution in [0.4, 0.5) is 51.2 Å². The highest BCUT2D eigenvalue weighted by Crippen LogP contribution is 2.49. The van der Waals surface area contributed by atoms with Crippen LogP contribution in [0.15, 0.2) is 273 Å². The predicted molar refractivity (Wildman–Crippen MR) is 301 cm³/mol. The van der Waals surface area contributed by atoms with E-state index in [0.717, 1.165) is 51.2 Å². The predicted octanol–water partition coefficient (Wildman–Crippen LogP) is 19.6. The molecule has 0 N–H and O–H groups in total. The normalized spacial score (nSPS) is 11.4. The third kappa shape index (κ3) is 7.39. The van der Waals surface area contributed by atoms with Crippen molar-refractivity contribution in [3.05, 3.63) is 273 Å². The summed E-state index contributed by atoms with van der Waals surface area (Å²) in [7, 11) is 0. The van der Waals surface area contributed by atoms with Crippen molar-refractivity contribution in [2.24, 2.45) is 0 Å². The zero-order valence-corrected chi connectivity index (χ0v) is 39.0. The number of fused-ring (bicyclic) bond motifs is 6. The van der Waals surface area contributed by atoms with Crippen molar-refractivity contribution in [1.82, 2.24) is 0 Å². The number of nitrogens with zero attached hydrogens (tertiary/aromatic N) is 3. The maximum absolute atomic E-state index is 2.45. The van der Waals surface area contributed by atoms with E-state index in [4.69, 9.17) is 0 Å². The van der Waals surface area contributed by atoms with Crippen LogP contribution in [0.5, 0.6) is 0 Å². The molecule has 13 aromatic rings. The van der Waals surface area contributed by atoms with Gasteiger partial charge in [-0.3, -0.25) is 0 Å². The molecule has 0 aliphatic rings. The Kier molecular flexibility index (Phi) is 10.4. The second-order valence-electron chi connectivity index (χ2n) is 17.7. The second-order valence-corrected chi connectivity index (χ2v) is 18.8. The molecule has 13 rings (SSSR count). The van der Waals surface area contributed by atoms with Gasteiger partial charge in [-0.2, -0.15) is 0 Å². The van der Waals surface area contributed by atoms with Crippen molar-refractivity contribution in [2.75, 3.05) is 14.7 Å². The molecule has 12 aromatic carbocycles. The van der Waals surface area contributed by atoms with E-state index in [1.54, 1.807) is 0 Å². The molecule has 0 aliphatic heterocycles. The van der Waals surface area contributed by atoms with Crippen LogP contribution >= 0.6 is 11.3 Å². The third-order valence-electron chi connectivity index (χ3n) is 13.5. The molecule has 0 saturated heterocycles. The summed E-state index contributed by atoms with van der Waals surface area (Å²) in [5.74, 6) is 0. The first kappa shape index (κ1) is 41.2. The van der Waals surface area contributed by atoms with Crippen molar-refractivity contribution in [3.8, 4) is 11.1 Å². The minimum absolute atomic E-state index is 1.02. The Hall–Kier alpha value is -8.96. The molecule has 0 radical (unpaired) electrons. The summed E-state index contributed by atoms with van der Waals surface area (Å²) in [4.78, 5) is 7.31. The van der Waals surface area contributed by atoms with Crippen LogP contribution in [0.25, 0.3) is 63.6 Å². The minimum atomic E-state index is 1.02. The first-order valence-electron chi connectivity index (χ1n) is 23.8. The molecule has 0 atom stereocenters. The lowest BCUT2D eigenvalue weighted by atomic mass is 10.0. The quantitative estimate of drug-likeness (QED) is 0.135. The smallest absolute Gasteiger partial charge is 0.0540 e. The van der Waals surface area contributed by atoms with E-state index in [1.165, 1.54) is 63.6 Å². The second kappa shape index (κ2) is 17.6. The molecule has 0 amide bonds. The maximum Gasteiger partial charge on any atom is 0.0540 e. The Bertz CT molecular complexity index is 3870. The molecule has 1 aromatic heterocycles. The van der Waals surface area contributed by atoms with E-state index in [-0.39, 0.29) is 0 Å². The molecule has 0 saturated carbocycles. The molecule has 0 spiro atoms. The van der Waals surface area contributed by atoms with Gasteiger partial charge in [0.25, 0.3) is 0 Å². The number of thiophene rings is 1. The zero-order valence-electron chi connectivity index (χ0n) is 38.2. The van der Waals surface area contributed by atoms with Crippen molar-refractivity contribution in [3.63, 3.8) is 0 Å². The molecule has 0 bridgehead atoms. The lowest BCUT2D eigenvalue weighted by molar-refractivity contribution is 1.23. The molecule has 0 fully saturated rings. The van der Waals surface area contributed by atoms with Gasteiger partial charge in [0, 0.05) is 53.4 Å². The summed E-state index contributed by atoms with van der Waals surface area (Å²) in [5, 5.41) is 9.66. The fourth-order valence-electron chi connectivity index (χ4n) is 10.3. The molecule has 0 aliphatic carbocycles. The Morgan fingerprint density at radius 3 is 1.04 bits per heavy atom. The molecular weight excluding hydrogens is 867 g/mol. The Morgan fingerprint density at radius 2 is 0.571 bits per heavy atom. The van der Waals surface area contributed by atoms with E-state index in [9.17, 15) is 0 Å². The highest BCUT2D eigenvalue weighted by atomic mass is 32.1. The van der Waals surface area contributed by atoms with Gasteiger partial charge in [0.2, 0.25) is 0 Å². The summed E-state index contributed by atoms with van der Waals surface area (Å²) in [6.45, 7) is 0. The monoisotopic (exact) mass is 911 g/mol. The summed E-state index contributed by atoms with van der Waals surface area (Å²) >= 11 is 1.86. The number of benzene rings is 12. The molecular formula is C66H45N3S. The standard InChI is InChI=1S/C66H45N3S/c1-3-24-51(25-4-1)67(62-32-15-21-47-18-7-10-28-57(47)62)54-43-55(68(52-26-5-2-6-27-52)63-33-16-22-48-19-8-11-29-58(48)63)45-56(44-54)69(64-34-17-23-49-20-9-12-30-59(49)64)53-39-36-46(37-40-53)50-38-41-66-61(42-50)60-31-13-14-35-65(60)70-66/h1-45H. The van der Waals surface area contributed by atoms with Gasteiger partial charge in [0.1, 0.15) is 0 Å². The highest BCUT2D eigenvalue weighted by Gasteiger charge is 2.25. The summed E-state index contributed by atoms with van der Waals surface area (Å²) in [5.41, 5.74) is 11.9. The van der Waals surface area contributed by atoms with Crippen LogP contribution in [-0.2, 0) is 0 Å². The van der Waals surface area contributed by atoms with E-state index in [2.05, 4.69) is 288 Å². The van der Waals surface area contributed by atoms with Crippen LogP contribution in [0, 0.1) is 0 Å². The van der Waals surface area contributed by atoms with Gasteiger partial charge in [0.15, 0.2) is 0 Å². The van der Waals surface area contributed by atoms with Gasteiger partial charge < -0.3 is 14.7 Å². The van der Waals surface area contributed by atoms with Gasteiger partial charge in [-0.25, -0.2) is 0 Å². The largest absolute Gasteiger partial charge is 0.310 e. The van der Waals surface area contributed by atoms with E-state index >= 15 is 0 Å². The lowest BCUT2D eigenvalue weighted by Gasteiger charge is -2.34. The van der Waals surface area contributed by atoms with Gasteiger partial charge in [0.05, 0.1) is 34.1 Å². The number of anilines is 9. The van der Waals surface area contributed by atoms with Gasteiger partial charge in [-0.15, -0.1) is 11.3 Å². The molecule has 70 heavy (non-hydrogen) atoms. The molecule has 1 heterocycles. The first-order valence-corrected chi connectivity index (χ1v) is 24.6. The van der Waals surface area contributed by atoms with E-state index < -0.39 is 0 Å². The zero-order chi connectivity index (χ0) is 46.4. The Balaban J connectivity index is 1.08. The SMILES string of the molecule is c1ccc(N(c2cc(N(c3ccccc3)c3cccc4ccccc34)cc(N(c3ccc(-c4ccc5sc6ccccc6c5c4)cc3)c3cccc4ccccc34)c2)c2cccc3ccccc23)cc1. The van der Waals surface area contributed by atoms with Crippen molar-refractivity contribution < 1.29 is 0 Å². The van der Waals surface area contributed by atoms with Gasteiger partial charge in [-0.05, 0) is 118 Å². The van der Waals surface area contributed by atoms with Crippen LogP contribution in [0.2, 0.25) is 0 Å². The van der Waals surface area contributed by atoms with Gasteiger partial charge in [-0.1, -0.05) is 182 Å². The average molecular weight is 912 g/mol. The average Bonchev–Trinajstić information content (AvgIpc) is 3.80. The Morgan fingerprint density at radius 1 is 0.214 bits per heavy atom. The minimum Gasteiger partial charge on any atom is -0.310 e. The summed E-state index contributed by atoms with van der Waals surface area (Å²) < 4.78 is 2.62. The number of para-hydroxylation sites is 2. The van der Waals surface area contributed by atoms with Crippen molar-refractivity contribution in [1.29, 1.82) is 0 Å². The van der Waals surface area contributed by atoms with Crippen molar-refractivity contribution >= 4 is 115 Å². The van der Waals surface area contributed by atoms with E-state index in [0.29, 0.717) is 0 Å². The third-order valence-corrected chi connectivity index (χ3v) is 14.7.